The fraction of sp³-hybridized carbons (Fsp3) is 0.424. The molecule has 0 bridgehead atoms. The zero-order valence-electron chi connectivity index (χ0n) is 24.4. The number of alkyl halides is 3. The molecule has 2 aliphatic rings. The molecular weight excluding hydrogens is 596 g/mol. The van der Waals surface area contributed by atoms with Gasteiger partial charge >= 0.3 is 6.36 Å². The smallest absolute Gasteiger partial charge is 0.405 e. The second kappa shape index (κ2) is 14.3. The summed E-state index contributed by atoms with van der Waals surface area (Å²) in [5.41, 5.74) is 9.88. The van der Waals surface area contributed by atoms with Crippen LogP contribution < -0.4 is 10.5 Å². The highest BCUT2D eigenvalue weighted by Gasteiger charge is 2.35. The lowest BCUT2D eigenvalue weighted by molar-refractivity contribution is -0.275. The summed E-state index contributed by atoms with van der Waals surface area (Å²) in [6.45, 7) is 4.08. The number of amides is 1. The molecular formula is C33H37ClF4N4O2. The summed E-state index contributed by atoms with van der Waals surface area (Å²) in [4.78, 5) is 19.2. The van der Waals surface area contributed by atoms with Gasteiger partial charge in [-0.05, 0) is 79.2 Å². The van der Waals surface area contributed by atoms with Gasteiger partial charge in [0.25, 0.3) is 0 Å². The van der Waals surface area contributed by atoms with Crippen molar-refractivity contribution in [2.45, 2.75) is 38.2 Å². The van der Waals surface area contributed by atoms with Gasteiger partial charge in [0.05, 0.1) is 6.04 Å². The molecule has 2 fully saturated rings. The van der Waals surface area contributed by atoms with E-state index in [1.54, 1.807) is 4.90 Å². The molecule has 236 valence electrons. The Labute approximate surface area is 260 Å². The molecule has 1 atom stereocenters. The van der Waals surface area contributed by atoms with Crippen LogP contribution in [0.1, 0.15) is 24.0 Å². The lowest BCUT2D eigenvalue weighted by Gasteiger charge is -2.39. The molecule has 2 N–H and O–H groups in total. The van der Waals surface area contributed by atoms with E-state index in [2.05, 4.69) is 27.8 Å². The number of hydrogen-bond donors (Lipinski definition) is 1. The monoisotopic (exact) mass is 632 g/mol. The molecule has 2 heterocycles. The van der Waals surface area contributed by atoms with E-state index in [9.17, 15) is 22.4 Å². The van der Waals surface area contributed by atoms with E-state index < -0.39 is 24.0 Å². The van der Waals surface area contributed by atoms with E-state index in [1.807, 2.05) is 35.2 Å². The molecule has 44 heavy (non-hydrogen) atoms. The molecule has 3 aromatic rings. The molecule has 5 rings (SSSR count). The quantitative estimate of drug-likeness (QED) is 0.295. The van der Waals surface area contributed by atoms with E-state index in [1.165, 1.54) is 17.2 Å². The topological polar surface area (TPSA) is 62.0 Å². The predicted molar refractivity (Wildman–Crippen MR) is 163 cm³/mol. The summed E-state index contributed by atoms with van der Waals surface area (Å²) in [6.07, 6.45) is -2.41. The second-order valence-electron chi connectivity index (χ2n) is 11.5. The zero-order chi connectivity index (χ0) is 31.3. The maximum absolute atomic E-state index is 14.4. The number of nitrogens with zero attached hydrogens (tertiary/aromatic N) is 3. The SMILES string of the molecule is N[C@@H](C(=O)N1CCN(Cc2c(F)cccc2OC(F)(F)F)CC1)C1CCN(CCc2cc(Cl)ccc2-c2ccccc2)CC1. The molecule has 1 amide bonds. The van der Waals surface area contributed by atoms with Crippen LogP contribution in [-0.4, -0.2) is 78.8 Å². The standard InChI is InChI=1S/C33H37ClF4N4O2/c34-26-9-10-27(23-5-2-1-3-6-23)25(21-26)13-16-40-14-11-24(12-15-40)31(39)32(43)42-19-17-41(18-20-42)22-28-29(35)7-4-8-30(28)44-33(36,37)38/h1-10,21,24,31H,11-20,22,39H2/t31-/m1/s1. The van der Waals surface area contributed by atoms with Gasteiger partial charge in [0.1, 0.15) is 11.6 Å². The van der Waals surface area contributed by atoms with Crippen molar-refractivity contribution >= 4 is 17.5 Å². The number of rotatable bonds is 9. The number of hydrogen-bond acceptors (Lipinski definition) is 5. The first-order valence-corrected chi connectivity index (χ1v) is 15.3. The minimum atomic E-state index is -4.91. The molecule has 2 aliphatic heterocycles. The molecule has 0 aromatic heterocycles. The molecule has 0 aliphatic carbocycles. The summed E-state index contributed by atoms with van der Waals surface area (Å²) in [7, 11) is 0. The van der Waals surface area contributed by atoms with E-state index in [-0.39, 0.29) is 23.9 Å². The summed E-state index contributed by atoms with van der Waals surface area (Å²) in [5, 5.41) is 0.719. The third-order valence-corrected chi connectivity index (χ3v) is 8.88. The van der Waals surface area contributed by atoms with Crippen molar-refractivity contribution in [3.05, 3.63) is 88.7 Å². The van der Waals surface area contributed by atoms with Gasteiger partial charge in [-0.1, -0.05) is 54.1 Å². The predicted octanol–water partition coefficient (Wildman–Crippen LogP) is 5.97. The summed E-state index contributed by atoms with van der Waals surface area (Å²) in [5.74, 6) is -1.35. The Bertz CT molecular complexity index is 1410. The van der Waals surface area contributed by atoms with Gasteiger partial charge in [-0.15, -0.1) is 13.2 Å². The van der Waals surface area contributed by atoms with Crippen molar-refractivity contribution in [1.82, 2.24) is 14.7 Å². The molecule has 0 spiro atoms. The highest BCUT2D eigenvalue weighted by Crippen LogP contribution is 2.30. The van der Waals surface area contributed by atoms with Crippen LogP contribution in [0.4, 0.5) is 17.6 Å². The number of likely N-dealkylation sites (tertiary alicyclic amines) is 1. The normalized spacial score (nSPS) is 17.9. The van der Waals surface area contributed by atoms with Crippen LogP contribution in [0.2, 0.25) is 5.02 Å². The van der Waals surface area contributed by atoms with E-state index in [0.717, 1.165) is 61.6 Å². The third kappa shape index (κ3) is 8.29. The van der Waals surface area contributed by atoms with E-state index >= 15 is 0 Å². The number of ether oxygens (including phenoxy) is 1. The van der Waals surface area contributed by atoms with Crippen LogP contribution in [0, 0.1) is 11.7 Å². The molecule has 0 unspecified atom stereocenters. The third-order valence-electron chi connectivity index (χ3n) is 8.64. The van der Waals surface area contributed by atoms with Gasteiger partial charge in [0.15, 0.2) is 0 Å². The van der Waals surface area contributed by atoms with Gasteiger partial charge in [-0.3, -0.25) is 9.69 Å². The number of benzene rings is 3. The highest BCUT2D eigenvalue weighted by atomic mass is 35.5. The van der Waals surface area contributed by atoms with Crippen LogP contribution in [0.3, 0.4) is 0 Å². The second-order valence-corrected chi connectivity index (χ2v) is 11.9. The van der Waals surface area contributed by atoms with Gasteiger partial charge in [0.2, 0.25) is 5.91 Å². The first kappa shape index (κ1) is 32.2. The van der Waals surface area contributed by atoms with Crippen LogP contribution in [0.15, 0.2) is 66.7 Å². The average molecular weight is 633 g/mol. The van der Waals surface area contributed by atoms with Crippen LogP contribution in [0.25, 0.3) is 11.1 Å². The van der Waals surface area contributed by atoms with Crippen LogP contribution in [0.5, 0.6) is 5.75 Å². The Morgan fingerprint density at radius 1 is 0.932 bits per heavy atom. The summed E-state index contributed by atoms with van der Waals surface area (Å²) < 4.78 is 56.8. The number of carbonyl (C=O) groups is 1. The van der Waals surface area contributed by atoms with Crippen LogP contribution >= 0.6 is 11.6 Å². The molecule has 0 saturated carbocycles. The fourth-order valence-electron chi connectivity index (χ4n) is 6.16. The minimum absolute atomic E-state index is 0.0489. The maximum Gasteiger partial charge on any atom is 0.573 e. The highest BCUT2D eigenvalue weighted by molar-refractivity contribution is 6.30. The number of halogens is 5. The van der Waals surface area contributed by atoms with Crippen molar-refractivity contribution in [2.24, 2.45) is 11.7 Å². The number of piperidine rings is 1. The van der Waals surface area contributed by atoms with Gasteiger partial charge in [-0.2, -0.15) is 0 Å². The summed E-state index contributed by atoms with van der Waals surface area (Å²) >= 11 is 6.33. The average Bonchev–Trinajstić information content (AvgIpc) is 3.01. The lowest BCUT2D eigenvalue weighted by Crippen LogP contribution is -2.55. The number of piperazine rings is 1. The number of carbonyl (C=O) groups excluding carboxylic acids is 1. The molecule has 11 heteroatoms. The number of nitrogens with two attached hydrogens (primary N) is 1. The Balaban J connectivity index is 1.09. The Morgan fingerprint density at radius 2 is 1.64 bits per heavy atom. The minimum Gasteiger partial charge on any atom is -0.405 e. The van der Waals surface area contributed by atoms with Crippen molar-refractivity contribution in [3.63, 3.8) is 0 Å². The molecule has 0 radical (unpaired) electrons. The van der Waals surface area contributed by atoms with E-state index in [0.29, 0.717) is 26.2 Å². The first-order chi connectivity index (χ1) is 21.1. The van der Waals surface area contributed by atoms with Crippen molar-refractivity contribution in [3.8, 4) is 16.9 Å². The molecule has 3 aromatic carbocycles. The Hall–Kier alpha value is -3.18. The van der Waals surface area contributed by atoms with Gasteiger partial charge in [0, 0.05) is 49.9 Å². The largest absolute Gasteiger partial charge is 0.573 e. The van der Waals surface area contributed by atoms with E-state index in [4.69, 9.17) is 17.3 Å². The zero-order valence-corrected chi connectivity index (χ0v) is 25.2. The van der Waals surface area contributed by atoms with Gasteiger partial charge < -0.3 is 20.3 Å². The Kier molecular flexibility index (Phi) is 10.5. The molecule has 2 saturated heterocycles. The summed E-state index contributed by atoms with van der Waals surface area (Å²) in [6, 6.07) is 19.1. The molecule has 6 nitrogen and oxygen atoms in total. The maximum atomic E-state index is 14.4. The first-order valence-electron chi connectivity index (χ1n) is 14.9. The van der Waals surface area contributed by atoms with Crippen molar-refractivity contribution < 1.29 is 27.1 Å². The van der Waals surface area contributed by atoms with Gasteiger partial charge in [-0.25, -0.2) is 4.39 Å². The van der Waals surface area contributed by atoms with Crippen molar-refractivity contribution in [2.75, 3.05) is 45.8 Å². The Morgan fingerprint density at radius 3 is 2.32 bits per heavy atom. The van der Waals surface area contributed by atoms with Crippen molar-refractivity contribution in [1.29, 1.82) is 0 Å². The fourth-order valence-corrected chi connectivity index (χ4v) is 6.35. The lowest BCUT2D eigenvalue weighted by atomic mass is 9.88. The van der Waals surface area contributed by atoms with Crippen LogP contribution in [-0.2, 0) is 17.8 Å².